The van der Waals surface area contributed by atoms with Crippen molar-refractivity contribution in [2.24, 2.45) is 0 Å². The molecule has 0 bridgehead atoms. The van der Waals surface area contributed by atoms with Gasteiger partial charge in [-0.05, 0) is 24.6 Å². The zero-order valence-corrected chi connectivity index (χ0v) is 9.26. The Labute approximate surface area is 94.7 Å². The van der Waals surface area contributed by atoms with Crippen LogP contribution in [0.1, 0.15) is 12.5 Å². The summed E-state index contributed by atoms with van der Waals surface area (Å²) in [6.07, 6.45) is 3.57. The molecule has 0 unspecified atom stereocenters. The molecule has 0 amide bonds. The molecule has 2 aromatic rings. The van der Waals surface area contributed by atoms with Gasteiger partial charge in [0.2, 0.25) is 0 Å². The van der Waals surface area contributed by atoms with Gasteiger partial charge in [-0.25, -0.2) is 4.98 Å². The Kier molecular flexibility index (Phi) is 3.10. The first-order chi connectivity index (χ1) is 7.79. The zero-order chi connectivity index (χ0) is 11.4. The number of hydrogen-bond acceptors (Lipinski definition) is 3. The van der Waals surface area contributed by atoms with Gasteiger partial charge in [-0.15, -0.1) is 0 Å². The molecule has 0 spiro atoms. The number of nitrogen functional groups attached to an aromatic ring is 1. The van der Waals surface area contributed by atoms with E-state index in [0.29, 0.717) is 12.6 Å². The number of anilines is 1. The van der Waals surface area contributed by atoms with Crippen molar-refractivity contribution in [2.45, 2.75) is 13.5 Å². The van der Waals surface area contributed by atoms with E-state index >= 15 is 0 Å². The number of imidazole rings is 1. The van der Waals surface area contributed by atoms with Gasteiger partial charge in [0, 0.05) is 12.4 Å². The van der Waals surface area contributed by atoms with E-state index in [-0.39, 0.29) is 0 Å². The van der Waals surface area contributed by atoms with Crippen LogP contribution in [0, 0.1) is 0 Å². The predicted molar refractivity (Wildman–Crippen MR) is 63.4 cm³/mol. The molecule has 4 heteroatoms. The number of nitrogens with two attached hydrogens (primary N) is 1. The second-order valence-corrected chi connectivity index (χ2v) is 3.49. The summed E-state index contributed by atoms with van der Waals surface area (Å²) in [6.45, 7) is 3.39. The van der Waals surface area contributed by atoms with E-state index in [0.717, 1.165) is 12.3 Å². The maximum atomic E-state index is 5.69. The van der Waals surface area contributed by atoms with Gasteiger partial charge in [0.1, 0.15) is 5.75 Å². The Morgan fingerprint density at radius 2 is 2.06 bits per heavy atom. The fourth-order valence-corrected chi connectivity index (χ4v) is 1.53. The minimum absolute atomic E-state index is 0.536. The Bertz CT molecular complexity index is 448. The number of nitrogens with zero attached hydrogens (tertiary/aromatic N) is 2. The van der Waals surface area contributed by atoms with Gasteiger partial charge in [-0.3, -0.25) is 0 Å². The van der Waals surface area contributed by atoms with E-state index in [1.807, 2.05) is 42.0 Å². The standard InChI is InChI=1S/C12H15N3O/c1-2-16-11-5-3-10(4-6-11)9-15-8-7-14-12(15)13/h3-8H,2,9H2,1H3,(H2,13,14). The van der Waals surface area contributed by atoms with E-state index < -0.39 is 0 Å². The fourth-order valence-electron chi connectivity index (χ4n) is 1.53. The molecule has 16 heavy (non-hydrogen) atoms. The van der Waals surface area contributed by atoms with Crippen molar-refractivity contribution in [1.29, 1.82) is 0 Å². The first kappa shape index (κ1) is 10.5. The Morgan fingerprint density at radius 1 is 1.31 bits per heavy atom. The zero-order valence-electron chi connectivity index (χ0n) is 9.26. The summed E-state index contributed by atoms with van der Waals surface area (Å²) in [6, 6.07) is 7.99. The smallest absolute Gasteiger partial charge is 0.200 e. The third-order valence-electron chi connectivity index (χ3n) is 2.33. The van der Waals surface area contributed by atoms with Crippen molar-refractivity contribution >= 4 is 5.95 Å². The van der Waals surface area contributed by atoms with Crippen LogP contribution in [0.4, 0.5) is 5.95 Å². The van der Waals surface area contributed by atoms with Gasteiger partial charge in [-0.2, -0.15) is 0 Å². The van der Waals surface area contributed by atoms with Crippen LogP contribution in [0.15, 0.2) is 36.7 Å². The quantitative estimate of drug-likeness (QED) is 0.851. The summed E-state index contributed by atoms with van der Waals surface area (Å²) in [7, 11) is 0. The summed E-state index contributed by atoms with van der Waals surface area (Å²) in [5.41, 5.74) is 6.87. The van der Waals surface area contributed by atoms with Gasteiger partial charge in [0.15, 0.2) is 5.95 Å². The van der Waals surface area contributed by atoms with Crippen LogP contribution < -0.4 is 10.5 Å². The van der Waals surface area contributed by atoms with E-state index in [9.17, 15) is 0 Å². The Balaban J connectivity index is 2.08. The second-order valence-electron chi connectivity index (χ2n) is 3.49. The predicted octanol–water partition coefficient (Wildman–Crippen LogP) is 1.91. The Morgan fingerprint density at radius 3 is 2.62 bits per heavy atom. The molecule has 84 valence electrons. The molecule has 1 aromatic heterocycles. The molecule has 1 aromatic carbocycles. The van der Waals surface area contributed by atoms with Crippen LogP contribution in [0.3, 0.4) is 0 Å². The maximum Gasteiger partial charge on any atom is 0.200 e. The number of rotatable bonds is 4. The highest BCUT2D eigenvalue weighted by Gasteiger charge is 1.99. The summed E-state index contributed by atoms with van der Waals surface area (Å²) in [4.78, 5) is 3.98. The van der Waals surface area contributed by atoms with Crippen molar-refractivity contribution in [3.63, 3.8) is 0 Å². The average molecular weight is 217 g/mol. The average Bonchev–Trinajstić information content (AvgIpc) is 2.68. The van der Waals surface area contributed by atoms with Gasteiger partial charge in [0.25, 0.3) is 0 Å². The molecule has 0 saturated carbocycles. The highest BCUT2D eigenvalue weighted by molar-refractivity contribution is 5.28. The summed E-state index contributed by atoms with van der Waals surface area (Å²) in [5.74, 6) is 1.43. The molecule has 0 saturated heterocycles. The normalized spacial score (nSPS) is 10.3. The van der Waals surface area contributed by atoms with E-state index in [1.165, 1.54) is 5.56 Å². The van der Waals surface area contributed by atoms with Gasteiger partial charge in [-0.1, -0.05) is 12.1 Å². The largest absolute Gasteiger partial charge is 0.494 e. The second kappa shape index (κ2) is 4.70. The van der Waals surface area contributed by atoms with Crippen molar-refractivity contribution in [1.82, 2.24) is 9.55 Å². The first-order valence-corrected chi connectivity index (χ1v) is 5.28. The highest BCUT2D eigenvalue weighted by Crippen LogP contribution is 2.13. The molecule has 0 fully saturated rings. The molecule has 0 aliphatic rings. The van der Waals surface area contributed by atoms with Gasteiger partial charge >= 0.3 is 0 Å². The minimum Gasteiger partial charge on any atom is -0.494 e. The monoisotopic (exact) mass is 217 g/mol. The van der Waals surface area contributed by atoms with Crippen LogP contribution in [0.2, 0.25) is 0 Å². The number of ether oxygens (including phenoxy) is 1. The molecule has 2 rings (SSSR count). The van der Waals surface area contributed by atoms with Crippen LogP contribution in [0.5, 0.6) is 5.75 Å². The van der Waals surface area contributed by atoms with E-state index in [4.69, 9.17) is 10.5 Å². The molecule has 2 N–H and O–H groups in total. The van der Waals surface area contributed by atoms with Crippen molar-refractivity contribution in [3.8, 4) is 5.75 Å². The molecule has 0 radical (unpaired) electrons. The molecule has 0 aliphatic heterocycles. The Hall–Kier alpha value is -1.97. The van der Waals surface area contributed by atoms with Crippen molar-refractivity contribution < 1.29 is 4.74 Å². The number of aromatic nitrogens is 2. The molecule has 1 heterocycles. The topological polar surface area (TPSA) is 53.1 Å². The highest BCUT2D eigenvalue weighted by atomic mass is 16.5. The third kappa shape index (κ3) is 2.34. The molecular weight excluding hydrogens is 202 g/mol. The lowest BCUT2D eigenvalue weighted by Gasteiger charge is -2.06. The van der Waals surface area contributed by atoms with Gasteiger partial charge in [0.05, 0.1) is 13.2 Å². The van der Waals surface area contributed by atoms with Crippen LogP contribution in [0.25, 0.3) is 0 Å². The lowest BCUT2D eigenvalue weighted by atomic mass is 10.2. The minimum atomic E-state index is 0.536. The SMILES string of the molecule is CCOc1ccc(Cn2ccnc2N)cc1. The van der Waals surface area contributed by atoms with Crippen molar-refractivity contribution in [2.75, 3.05) is 12.3 Å². The fraction of sp³-hybridized carbons (Fsp3) is 0.250. The molecular formula is C12H15N3O. The molecule has 0 aliphatic carbocycles. The number of benzene rings is 1. The van der Waals surface area contributed by atoms with Crippen LogP contribution in [-0.4, -0.2) is 16.2 Å². The summed E-state index contributed by atoms with van der Waals surface area (Å²) < 4.78 is 7.27. The third-order valence-corrected chi connectivity index (χ3v) is 2.33. The van der Waals surface area contributed by atoms with E-state index in [1.54, 1.807) is 6.20 Å². The summed E-state index contributed by atoms with van der Waals surface area (Å²) >= 11 is 0. The molecule has 0 atom stereocenters. The van der Waals surface area contributed by atoms with E-state index in [2.05, 4.69) is 4.98 Å². The molecule has 4 nitrogen and oxygen atoms in total. The van der Waals surface area contributed by atoms with Gasteiger partial charge < -0.3 is 15.0 Å². The number of hydrogen-bond donors (Lipinski definition) is 1. The summed E-state index contributed by atoms with van der Waals surface area (Å²) in [5, 5.41) is 0. The first-order valence-electron chi connectivity index (χ1n) is 5.28. The maximum absolute atomic E-state index is 5.69. The lowest BCUT2D eigenvalue weighted by Crippen LogP contribution is -2.03. The van der Waals surface area contributed by atoms with Crippen LogP contribution >= 0.6 is 0 Å². The van der Waals surface area contributed by atoms with Crippen molar-refractivity contribution in [3.05, 3.63) is 42.2 Å². The van der Waals surface area contributed by atoms with Crippen LogP contribution in [-0.2, 0) is 6.54 Å². The lowest BCUT2D eigenvalue weighted by molar-refractivity contribution is 0.340.